The molecule has 0 radical (unpaired) electrons. The van der Waals surface area contributed by atoms with Gasteiger partial charge in [-0.15, -0.1) is 12.4 Å². The number of hydrogen-bond acceptors (Lipinski definition) is 6. The van der Waals surface area contributed by atoms with Gasteiger partial charge in [0.25, 0.3) is 0 Å². The van der Waals surface area contributed by atoms with Gasteiger partial charge in [-0.1, -0.05) is 29.0 Å². The maximum atomic E-state index is 13.1. The minimum absolute atomic E-state index is 0. The number of carbonyl (C=O) groups is 1. The highest BCUT2D eigenvalue weighted by atomic mass is 35.5. The molecule has 1 amide bonds. The quantitative estimate of drug-likeness (QED) is 0.407. The van der Waals surface area contributed by atoms with Gasteiger partial charge in [-0.25, -0.2) is 17.8 Å². The van der Waals surface area contributed by atoms with E-state index in [1.807, 2.05) is 32.0 Å². The predicted molar refractivity (Wildman–Crippen MR) is 131 cm³/mol. The van der Waals surface area contributed by atoms with Crippen LogP contribution >= 0.6 is 35.3 Å². The van der Waals surface area contributed by atoms with Crippen LogP contribution in [0.15, 0.2) is 41.3 Å². The Hall–Kier alpha value is -1.78. The second-order valence-corrected chi connectivity index (χ2v) is 10.9. The highest BCUT2D eigenvalue weighted by Gasteiger charge is 2.24. The summed E-state index contributed by atoms with van der Waals surface area (Å²) in [6.07, 6.45) is -0.213. The van der Waals surface area contributed by atoms with Crippen LogP contribution in [-0.4, -0.2) is 57.1 Å². The molecule has 0 saturated heterocycles. The number of amides is 1. The number of hydrogen-bond donors (Lipinski definition) is 0. The van der Waals surface area contributed by atoms with Crippen LogP contribution in [0.2, 0.25) is 5.02 Å². The topological polar surface area (TPSA) is 70.6 Å². The first kappa shape index (κ1) is 26.5. The van der Waals surface area contributed by atoms with Gasteiger partial charge in [0.2, 0.25) is 5.91 Å². The Kier molecular flexibility index (Phi) is 9.01. The average molecular weight is 520 g/mol. The first-order valence-corrected chi connectivity index (χ1v) is 12.4. The number of sulfone groups is 1. The third-order valence-electron chi connectivity index (χ3n) is 4.75. The van der Waals surface area contributed by atoms with Crippen LogP contribution in [0.3, 0.4) is 0 Å². The number of rotatable bonds is 8. The summed E-state index contributed by atoms with van der Waals surface area (Å²) in [5, 5.41) is 1.04. The molecule has 0 bridgehead atoms. The van der Waals surface area contributed by atoms with E-state index >= 15 is 0 Å². The lowest BCUT2D eigenvalue weighted by Gasteiger charge is -2.22. The number of halogens is 3. The molecule has 2 aromatic carbocycles. The van der Waals surface area contributed by atoms with Crippen LogP contribution in [0, 0.1) is 12.7 Å². The molecule has 0 saturated carbocycles. The molecule has 174 valence electrons. The van der Waals surface area contributed by atoms with Crippen LogP contribution in [0.1, 0.15) is 12.0 Å². The SMILES string of the molecule is Cc1ccc(Cl)c2sc(N(CCN(C)C)C(=O)CCS(=O)(=O)c3ccc(F)cc3)nc12.Cl. The van der Waals surface area contributed by atoms with E-state index in [1.165, 1.54) is 28.4 Å². The van der Waals surface area contributed by atoms with Crippen LogP contribution in [0.5, 0.6) is 0 Å². The van der Waals surface area contributed by atoms with Crippen molar-refractivity contribution in [2.75, 3.05) is 37.8 Å². The van der Waals surface area contributed by atoms with Gasteiger partial charge < -0.3 is 4.90 Å². The van der Waals surface area contributed by atoms with Gasteiger partial charge >= 0.3 is 0 Å². The zero-order chi connectivity index (χ0) is 22.8. The Morgan fingerprint density at radius 1 is 1.12 bits per heavy atom. The Labute approximate surface area is 202 Å². The number of likely N-dealkylation sites (N-methyl/N-ethyl adjacent to an activating group) is 1. The Morgan fingerprint density at radius 2 is 1.78 bits per heavy atom. The molecule has 6 nitrogen and oxygen atoms in total. The number of anilines is 1. The zero-order valence-electron chi connectivity index (χ0n) is 17.8. The molecule has 0 fully saturated rings. The molecule has 0 spiro atoms. The number of aryl methyl sites for hydroxylation is 1. The molecular formula is C21H24Cl2FN3O3S2. The van der Waals surface area contributed by atoms with E-state index in [-0.39, 0.29) is 35.4 Å². The van der Waals surface area contributed by atoms with Crippen LogP contribution < -0.4 is 4.90 Å². The zero-order valence-corrected chi connectivity index (χ0v) is 21.0. The van der Waals surface area contributed by atoms with Gasteiger partial charge in [0.15, 0.2) is 15.0 Å². The van der Waals surface area contributed by atoms with Crippen molar-refractivity contribution in [1.29, 1.82) is 0 Å². The molecule has 32 heavy (non-hydrogen) atoms. The highest BCUT2D eigenvalue weighted by molar-refractivity contribution is 7.91. The lowest BCUT2D eigenvalue weighted by Crippen LogP contribution is -2.37. The summed E-state index contributed by atoms with van der Waals surface area (Å²) in [6.45, 7) is 2.86. The fourth-order valence-corrected chi connectivity index (χ4v) is 5.54. The summed E-state index contributed by atoms with van der Waals surface area (Å²) >= 11 is 7.62. The van der Waals surface area contributed by atoms with Gasteiger partial charge in [0, 0.05) is 19.5 Å². The van der Waals surface area contributed by atoms with Gasteiger partial charge in [0.05, 0.1) is 25.9 Å². The molecule has 0 aliphatic heterocycles. The first-order chi connectivity index (χ1) is 14.6. The number of benzene rings is 2. The largest absolute Gasteiger partial charge is 0.308 e. The van der Waals surface area contributed by atoms with Crippen molar-refractivity contribution >= 4 is 66.4 Å². The first-order valence-electron chi connectivity index (χ1n) is 9.57. The molecule has 3 aromatic rings. The fourth-order valence-electron chi connectivity index (χ4n) is 2.95. The van der Waals surface area contributed by atoms with Crippen molar-refractivity contribution in [2.24, 2.45) is 0 Å². The Balaban J connectivity index is 0.00000363. The molecule has 1 heterocycles. The van der Waals surface area contributed by atoms with Crippen molar-refractivity contribution in [1.82, 2.24) is 9.88 Å². The van der Waals surface area contributed by atoms with E-state index < -0.39 is 15.7 Å². The van der Waals surface area contributed by atoms with E-state index in [9.17, 15) is 17.6 Å². The monoisotopic (exact) mass is 519 g/mol. The molecule has 0 atom stereocenters. The van der Waals surface area contributed by atoms with Crippen LogP contribution in [0.4, 0.5) is 9.52 Å². The minimum atomic E-state index is -3.72. The fraction of sp³-hybridized carbons (Fsp3) is 0.333. The molecule has 0 unspecified atom stereocenters. The summed E-state index contributed by atoms with van der Waals surface area (Å²) in [5.74, 6) is -1.24. The van der Waals surface area contributed by atoms with E-state index in [0.717, 1.165) is 27.9 Å². The summed E-state index contributed by atoms with van der Waals surface area (Å²) in [4.78, 5) is 21.1. The second-order valence-electron chi connectivity index (χ2n) is 7.41. The molecular weight excluding hydrogens is 496 g/mol. The van der Waals surface area contributed by atoms with E-state index in [0.29, 0.717) is 23.2 Å². The van der Waals surface area contributed by atoms with Gasteiger partial charge in [0.1, 0.15) is 5.82 Å². The molecule has 0 aliphatic carbocycles. The second kappa shape index (κ2) is 10.9. The lowest BCUT2D eigenvalue weighted by atomic mass is 10.2. The van der Waals surface area contributed by atoms with E-state index in [4.69, 9.17) is 11.6 Å². The van der Waals surface area contributed by atoms with Gasteiger partial charge in [-0.3, -0.25) is 9.69 Å². The standard InChI is InChI=1S/C21H23ClFN3O3S2.ClH/c1-14-4-9-17(22)20-19(14)24-21(30-20)26(12-11-25(2)3)18(27)10-13-31(28,29)16-7-5-15(23)6-8-16;/h4-9H,10-13H2,1-3H3;1H. The highest BCUT2D eigenvalue weighted by Crippen LogP contribution is 2.35. The van der Waals surface area contributed by atoms with Gasteiger partial charge in [-0.2, -0.15) is 0 Å². The molecule has 1 aromatic heterocycles. The number of nitrogens with zero attached hydrogens (tertiary/aromatic N) is 3. The van der Waals surface area contributed by atoms with Crippen molar-refractivity contribution in [3.8, 4) is 0 Å². The average Bonchev–Trinajstić information content (AvgIpc) is 3.16. The van der Waals surface area contributed by atoms with Crippen molar-refractivity contribution in [3.05, 3.63) is 52.8 Å². The van der Waals surface area contributed by atoms with E-state index in [2.05, 4.69) is 4.98 Å². The number of fused-ring (bicyclic) bond motifs is 1. The summed E-state index contributed by atoms with van der Waals surface area (Å²) in [5.41, 5.74) is 1.68. The Bertz CT molecular complexity index is 1160. The third-order valence-corrected chi connectivity index (χ3v) is 8.02. The third kappa shape index (κ3) is 6.17. The van der Waals surface area contributed by atoms with Crippen LogP contribution in [0.25, 0.3) is 10.2 Å². The maximum absolute atomic E-state index is 13.1. The maximum Gasteiger partial charge on any atom is 0.229 e. The van der Waals surface area contributed by atoms with Gasteiger partial charge in [-0.05, 0) is 56.9 Å². The summed E-state index contributed by atoms with van der Waals surface area (Å²) < 4.78 is 39.0. The van der Waals surface area contributed by atoms with Crippen molar-refractivity contribution in [2.45, 2.75) is 18.2 Å². The molecule has 0 aliphatic rings. The Morgan fingerprint density at radius 3 is 2.38 bits per heavy atom. The number of thiazole rings is 1. The number of aromatic nitrogens is 1. The van der Waals surface area contributed by atoms with Crippen molar-refractivity contribution < 1.29 is 17.6 Å². The van der Waals surface area contributed by atoms with E-state index in [1.54, 1.807) is 6.07 Å². The molecule has 0 N–H and O–H groups in total. The number of carbonyl (C=O) groups excluding carboxylic acids is 1. The summed E-state index contributed by atoms with van der Waals surface area (Å²) in [6, 6.07) is 8.25. The normalized spacial score (nSPS) is 11.6. The van der Waals surface area contributed by atoms with Crippen LogP contribution in [-0.2, 0) is 14.6 Å². The lowest BCUT2D eigenvalue weighted by molar-refractivity contribution is -0.118. The minimum Gasteiger partial charge on any atom is -0.308 e. The summed E-state index contributed by atoms with van der Waals surface area (Å²) in [7, 11) is 0.0599. The molecule has 3 rings (SSSR count). The smallest absolute Gasteiger partial charge is 0.229 e. The van der Waals surface area contributed by atoms with Crippen molar-refractivity contribution in [3.63, 3.8) is 0 Å². The predicted octanol–water partition coefficient (Wildman–Crippen LogP) is 4.58. The molecule has 11 heteroatoms.